The Morgan fingerprint density at radius 3 is 1.79 bits per heavy atom. The summed E-state index contributed by atoms with van der Waals surface area (Å²) in [6.45, 7) is 6.73. The van der Waals surface area contributed by atoms with Crippen molar-refractivity contribution in [2.45, 2.75) is 56.8 Å². The summed E-state index contributed by atoms with van der Waals surface area (Å²) in [5, 5.41) is 3.66. The van der Waals surface area contributed by atoms with Crippen molar-refractivity contribution in [2.75, 3.05) is 31.5 Å². The average molecular weight is 517 g/mol. The van der Waals surface area contributed by atoms with Gasteiger partial charge in [-0.05, 0) is 99.8 Å². The zero-order valence-electron chi connectivity index (χ0n) is 23.6. The first kappa shape index (κ1) is 27.2. The van der Waals surface area contributed by atoms with Gasteiger partial charge in [-0.2, -0.15) is 0 Å². The molecular formula is C37H44N2. The number of anilines is 1. The normalized spacial score (nSPS) is 14.8. The number of hydrogen-bond donors (Lipinski definition) is 1. The SMILES string of the molecule is Cc1ccc(NCCCC(CCCN2CCC(c3ccccc3)CC2)(c2ccccc2)c2ccccc2)cc1. The highest BCUT2D eigenvalue weighted by atomic mass is 15.1. The number of piperidine rings is 1. The molecule has 1 aliphatic heterocycles. The third kappa shape index (κ3) is 7.19. The van der Waals surface area contributed by atoms with Gasteiger partial charge in [-0.15, -0.1) is 0 Å². The number of aryl methyl sites for hydroxylation is 1. The van der Waals surface area contributed by atoms with Gasteiger partial charge in [0, 0.05) is 17.6 Å². The molecule has 1 heterocycles. The molecular weight excluding hydrogens is 472 g/mol. The van der Waals surface area contributed by atoms with Crippen molar-refractivity contribution in [2.24, 2.45) is 0 Å². The highest BCUT2D eigenvalue weighted by Crippen LogP contribution is 2.41. The minimum absolute atomic E-state index is 0.0276. The Hall–Kier alpha value is -3.36. The molecule has 2 heteroatoms. The minimum Gasteiger partial charge on any atom is -0.385 e. The Kier molecular flexibility index (Phi) is 9.51. The maximum atomic E-state index is 3.66. The molecule has 0 saturated carbocycles. The van der Waals surface area contributed by atoms with Crippen molar-refractivity contribution < 1.29 is 0 Å². The van der Waals surface area contributed by atoms with Gasteiger partial charge in [-0.25, -0.2) is 0 Å². The highest BCUT2D eigenvalue weighted by molar-refractivity contribution is 5.44. The predicted octanol–water partition coefficient (Wildman–Crippen LogP) is 8.83. The molecule has 0 amide bonds. The van der Waals surface area contributed by atoms with Crippen LogP contribution in [0.1, 0.15) is 66.7 Å². The van der Waals surface area contributed by atoms with Crippen LogP contribution in [-0.4, -0.2) is 31.1 Å². The van der Waals surface area contributed by atoms with E-state index in [0.29, 0.717) is 0 Å². The van der Waals surface area contributed by atoms with E-state index in [1.807, 2.05) is 0 Å². The second-order valence-electron chi connectivity index (χ2n) is 11.3. The van der Waals surface area contributed by atoms with E-state index < -0.39 is 0 Å². The number of benzene rings is 4. The van der Waals surface area contributed by atoms with E-state index in [2.05, 4.69) is 132 Å². The van der Waals surface area contributed by atoms with E-state index in [4.69, 9.17) is 0 Å². The maximum absolute atomic E-state index is 3.66. The van der Waals surface area contributed by atoms with Crippen molar-refractivity contribution in [1.82, 2.24) is 4.90 Å². The molecule has 0 bridgehead atoms. The summed E-state index contributed by atoms with van der Waals surface area (Å²) in [5.74, 6) is 0.719. The van der Waals surface area contributed by atoms with Gasteiger partial charge in [-0.3, -0.25) is 0 Å². The van der Waals surface area contributed by atoms with Crippen LogP contribution >= 0.6 is 0 Å². The third-order valence-electron chi connectivity index (χ3n) is 8.75. The second kappa shape index (κ2) is 13.6. The summed E-state index contributed by atoms with van der Waals surface area (Å²) in [7, 11) is 0. The van der Waals surface area contributed by atoms with Gasteiger partial charge in [0.25, 0.3) is 0 Å². The number of rotatable bonds is 12. The van der Waals surface area contributed by atoms with Crippen LogP contribution in [0.15, 0.2) is 115 Å². The molecule has 1 fully saturated rings. The lowest BCUT2D eigenvalue weighted by Crippen LogP contribution is -2.35. The molecule has 1 aliphatic rings. The molecule has 0 unspecified atom stereocenters. The van der Waals surface area contributed by atoms with Crippen LogP contribution in [0.2, 0.25) is 0 Å². The van der Waals surface area contributed by atoms with Gasteiger partial charge in [0.1, 0.15) is 0 Å². The van der Waals surface area contributed by atoms with E-state index in [1.54, 1.807) is 0 Å². The van der Waals surface area contributed by atoms with E-state index in [1.165, 1.54) is 73.3 Å². The van der Waals surface area contributed by atoms with Crippen molar-refractivity contribution >= 4 is 5.69 Å². The molecule has 4 aromatic rings. The molecule has 1 N–H and O–H groups in total. The van der Waals surface area contributed by atoms with Gasteiger partial charge in [0.2, 0.25) is 0 Å². The summed E-state index contributed by atoms with van der Waals surface area (Å²) in [6.07, 6.45) is 7.19. The molecule has 0 aromatic heterocycles. The van der Waals surface area contributed by atoms with Crippen LogP contribution < -0.4 is 5.32 Å². The van der Waals surface area contributed by atoms with Crippen molar-refractivity contribution in [3.05, 3.63) is 138 Å². The standard InChI is InChI=1S/C37H44N2/c1-31-19-21-36(22-20-31)38-27-11-25-37(34-15-7-3-8-16-34,35-17-9-4-10-18-35)26-12-28-39-29-23-33(24-30-39)32-13-5-2-6-14-32/h2-10,13-22,33,38H,11-12,23-30H2,1H3. The van der Waals surface area contributed by atoms with Crippen LogP contribution in [0.3, 0.4) is 0 Å². The molecule has 5 rings (SSSR count). The van der Waals surface area contributed by atoms with Crippen LogP contribution in [0, 0.1) is 6.92 Å². The monoisotopic (exact) mass is 516 g/mol. The number of nitrogens with one attached hydrogen (secondary N) is 1. The molecule has 0 radical (unpaired) electrons. The minimum atomic E-state index is 0.0276. The lowest BCUT2D eigenvalue weighted by atomic mass is 9.68. The largest absolute Gasteiger partial charge is 0.385 e. The van der Waals surface area contributed by atoms with Gasteiger partial charge in [0.15, 0.2) is 0 Å². The fourth-order valence-corrected chi connectivity index (χ4v) is 6.50. The van der Waals surface area contributed by atoms with E-state index in [-0.39, 0.29) is 5.41 Å². The number of nitrogens with zero attached hydrogens (tertiary/aromatic N) is 1. The van der Waals surface area contributed by atoms with Crippen LogP contribution in [0.25, 0.3) is 0 Å². The van der Waals surface area contributed by atoms with Gasteiger partial charge in [0.05, 0.1) is 0 Å². The van der Waals surface area contributed by atoms with E-state index in [0.717, 1.165) is 25.3 Å². The molecule has 0 aliphatic carbocycles. The zero-order valence-corrected chi connectivity index (χ0v) is 23.6. The van der Waals surface area contributed by atoms with Crippen LogP contribution in [0.5, 0.6) is 0 Å². The fourth-order valence-electron chi connectivity index (χ4n) is 6.50. The summed E-state index contributed by atoms with van der Waals surface area (Å²) in [4.78, 5) is 2.71. The first-order chi connectivity index (χ1) is 19.2. The van der Waals surface area contributed by atoms with E-state index in [9.17, 15) is 0 Å². The van der Waals surface area contributed by atoms with Crippen molar-refractivity contribution in [1.29, 1.82) is 0 Å². The van der Waals surface area contributed by atoms with Gasteiger partial charge < -0.3 is 10.2 Å². The molecule has 0 atom stereocenters. The summed E-state index contributed by atoms with van der Waals surface area (Å²) < 4.78 is 0. The van der Waals surface area contributed by atoms with Gasteiger partial charge in [-0.1, -0.05) is 109 Å². The van der Waals surface area contributed by atoms with Crippen LogP contribution in [-0.2, 0) is 5.41 Å². The average Bonchev–Trinajstić information content (AvgIpc) is 3.01. The lowest BCUT2D eigenvalue weighted by Gasteiger charge is -2.37. The van der Waals surface area contributed by atoms with Crippen LogP contribution in [0.4, 0.5) is 5.69 Å². The first-order valence-corrected chi connectivity index (χ1v) is 14.9. The Labute approximate surface area is 236 Å². The molecule has 39 heavy (non-hydrogen) atoms. The summed E-state index contributed by atoms with van der Waals surface area (Å²) in [5.41, 5.74) is 6.97. The Balaban J connectivity index is 1.25. The quantitative estimate of drug-likeness (QED) is 0.189. The van der Waals surface area contributed by atoms with Crippen molar-refractivity contribution in [3.63, 3.8) is 0 Å². The third-order valence-corrected chi connectivity index (χ3v) is 8.75. The van der Waals surface area contributed by atoms with Crippen molar-refractivity contribution in [3.8, 4) is 0 Å². The maximum Gasteiger partial charge on any atom is 0.0340 e. The van der Waals surface area contributed by atoms with Gasteiger partial charge >= 0.3 is 0 Å². The van der Waals surface area contributed by atoms with E-state index >= 15 is 0 Å². The molecule has 2 nitrogen and oxygen atoms in total. The first-order valence-electron chi connectivity index (χ1n) is 14.9. The number of likely N-dealkylation sites (tertiary alicyclic amines) is 1. The molecule has 202 valence electrons. The topological polar surface area (TPSA) is 15.3 Å². The Bertz CT molecular complexity index is 1190. The molecule has 4 aromatic carbocycles. The number of hydrogen-bond acceptors (Lipinski definition) is 2. The highest BCUT2D eigenvalue weighted by Gasteiger charge is 2.33. The smallest absolute Gasteiger partial charge is 0.0340 e. The summed E-state index contributed by atoms with van der Waals surface area (Å²) >= 11 is 0. The Morgan fingerprint density at radius 1 is 0.667 bits per heavy atom. The molecule has 0 spiro atoms. The lowest BCUT2D eigenvalue weighted by molar-refractivity contribution is 0.203. The molecule has 1 saturated heterocycles. The fraction of sp³-hybridized carbons (Fsp3) is 0.351. The second-order valence-corrected chi connectivity index (χ2v) is 11.3. The predicted molar refractivity (Wildman–Crippen MR) is 167 cm³/mol. The summed E-state index contributed by atoms with van der Waals surface area (Å²) in [6, 6.07) is 42.4. The Morgan fingerprint density at radius 2 is 1.21 bits per heavy atom. The zero-order chi connectivity index (χ0) is 26.8.